The first-order valence-electron chi connectivity index (χ1n) is 11.5. The van der Waals surface area contributed by atoms with Crippen molar-refractivity contribution >= 4 is 34.9 Å². The first-order valence-corrected chi connectivity index (χ1v) is 12.0. The highest BCUT2D eigenvalue weighted by atomic mass is 32.1. The highest BCUT2D eigenvalue weighted by Crippen LogP contribution is 2.28. The molecule has 0 saturated carbocycles. The van der Waals surface area contributed by atoms with E-state index in [9.17, 15) is 0 Å². The smallest absolute Gasteiger partial charge is 0.232 e. The van der Waals surface area contributed by atoms with Gasteiger partial charge in [0.1, 0.15) is 11.6 Å². The van der Waals surface area contributed by atoms with Crippen LogP contribution in [0.5, 0.6) is 0 Å². The molecule has 1 aromatic heterocycles. The standard InChI is InChI=1S/C24H34N6S/c1-18-8-6-12-29(16-18)21-14-22(30-13-7-9-19(2)17-30)27-23(26-21)28-24(31)25-15-20-10-4-3-5-11-20/h3-5,10-11,14,18-19H,6-9,12-13,15-17H2,1-2H3,(H2,25,26,27,28,31)/t18-,19-/m1/s1. The van der Waals surface area contributed by atoms with Crippen LogP contribution in [-0.2, 0) is 6.54 Å². The average Bonchev–Trinajstić information content (AvgIpc) is 2.78. The van der Waals surface area contributed by atoms with E-state index in [0.717, 1.165) is 37.8 Å². The Hall–Kier alpha value is -2.41. The topological polar surface area (TPSA) is 56.3 Å². The van der Waals surface area contributed by atoms with Crippen molar-refractivity contribution in [3.05, 3.63) is 42.0 Å². The van der Waals surface area contributed by atoms with E-state index in [1.807, 2.05) is 18.2 Å². The van der Waals surface area contributed by atoms with Crippen LogP contribution in [0.25, 0.3) is 0 Å². The summed E-state index contributed by atoms with van der Waals surface area (Å²) in [6.07, 6.45) is 5.00. The Morgan fingerprint density at radius 3 is 2.10 bits per heavy atom. The first kappa shape index (κ1) is 21.8. The van der Waals surface area contributed by atoms with Crippen molar-refractivity contribution in [2.24, 2.45) is 11.8 Å². The summed E-state index contributed by atoms with van der Waals surface area (Å²) in [5.74, 6) is 3.96. The molecule has 3 heterocycles. The second-order valence-electron chi connectivity index (χ2n) is 9.09. The number of piperidine rings is 2. The van der Waals surface area contributed by atoms with E-state index < -0.39 is 0 Å². The first-order chi connectivity index (χ1) is 15.1. The molecule has 31 heavy (non-hydrogen) atoms. The van der Waals surface area contributed by atoms with Gasteiger partial charge in [-0.2, -0.15) is 9.97 Å². The van der Waals surface area contributed by atoms with Gasteiger partial charge in [0.15, 0.2) is 5.11 Å². The predicted molar refractivity (Wildman–Crippen MR) is 133 cm³/mol. The molecule has 2 fully saturated rings. The van der Waals surface area contributed by atoms with Gasteiger partial charge in [-0.3, -0.25) is 0 Å². The number of rotatable bonds is 5. The van der Waals surface area contributed by atoms with Crippen molar-refractivity contribution < 1.29 is 0 Å². The largest absolute Gasteiger partial charge is 0.358 e. The predicted octanol–water partition coefficient (Wildman–Crippen LogP) is 4.44. The van der Waals surface area contributed by atoms with Gasteiger partial charge in [-0.05, 0) is 55.3 Å². The summed E-state index contributed by atoms with van der Waals surface area (Å²) >= 11 is 5.54. The van der Waals surface area contributed by atoms with Gasteiger partial charge in [0.25, 0.3) is 0 Å². The fourth-order valence-electron chi connectivity index (χ4n) is 4.52. The molecule has 0 bridgehead atoms. The van der Waals surface area contributed by atoms with Crippen LogP contribution in [0.15, 0.2) is 36.4 Å². The number of hydrogen-bond acceptors (Lipinski definition) is 5. The molecular formula is C24H34N6S. The Kier molecular flexibility index (Phi) is 7.22. The maximum absolute atomic E-state index is 5.54. The Morgan fingerprint density at radius 1 is 0.968 bits per heavy atom. The van der Waals surface area contributed by atoms with Gasteiger partial charge in [0.2, 0.25) is 5.95 Å². The molecule has 2 N–H and O–H groups in total. The summed E-state index contributed by atoms with van der Waals surface area (Å²) in [7, 11) is 0. The van der Waals surface area contributed by atoms with E-state index in [0.29, 0.717) is 29.4 Å². The van der Waals surface area contributed by atoms with Crippen molar-refractivity contribution in [3.63, 3.8) is 0 Å². The molecule has 2 aliphatic rings. The number of nitrogens with zero attached hydrogens (tertiary/aromatic N) is 4. The molecule has 2 aliphatic heterocycles. The molecule has 0 radical (unpaired) electrons. The summed E-state index contributed by atoms with van der Waals surface area (Å²) in [5.41, 5.74) is 1.19. The zero-order chi connectivity index (χ0) is 21.6. The minimum Gasteiger partial charge on any atom is -0.358 e. The van der Waals surface area contributed by atoms with E-state index >= 15 is 0 Å². The van der Waals surface area contributed by atoms with Crippen LogP contribution in [0.2, 0.25) is 0 Å². The molecule has 2 atom stereocenters. The highest BCUT2D eigenvalue weighted by molar-refractivity contribution is 7.80. The number of aromatic nitrogens is 2. The number of anilines is 3. The molecule has 2 aromatic rings. The third-order valence-corrected chi connectivity index (χ3v) is 6.43. The highest BCUT2D eigenvalue weighted by Gasteiger charge is 2.23. The lowest BCUT2D eigenvalue weighted by Crippen LogP contribution is -2.37. The van der Waals surface area contributed by atoms with Crippen LogP contribution >= 0.6 is 12.2 Å². The van der Waals surface area contributed by atoms with Gasteiger partial charge in [-0.15, -0.1) is 0 Å². The Bertz CT molecular complexity index is 833. The monoisotopic (exact) mass is 438 g/mol. The van der Waals surface area contributed by atoms with Crippen molar-refractivity contribution in [3.8, 4) is 0 Å². The van der Waals surface area contributed by atoms with Gasteiger partial charge < -0.3 is 20.4 Å². The summed E-state index contributed by atoms with van der Waals surface area (Å²) in [6, 6.07) is 12.4. The van der Waals surface area contributed by atoms with Gasteiger partial charge in [0, 0.05) is 38.8 Å². The van der Waals surface area contributed by atoms with Crippen molar-refractivity contribution in [2.45, 2.75) is 46.1 Å². The molecule has 1 aromatic carbocycles. The van der Waals surface area contributed by atoms with Crippen LogP contribution < -0.4 is 20.4 Å². The Labute approximate surface area is 191 Å². The average molecular weight is 439 g/mol. The molecule has 0 unspecified atom stereocenters. The van der Waals surface area contributed by atoms with Crippen molar-refractivity contribution in [2.75, 3.05) is 41.3 Å². The van der Waals surface area contributed by atoms with Gasteiger partial charge in [-0.25, -0.2) is 0 Å². The van der Waals surface area contributed by atoms with E-state index in [2.05, 4.69) is 52.5 Å². The molecule has 166 valence electrons. The molecule has 6 nitrogen and oxygen atoms in total. The van der Waals surface area contributed by atoms with Crippen LogP contribution in [-0.4, -0.2) is 41.3 Å². The van der Waals surface area contributed by atoms with Crippen LogP contribution in [0, 0.1) is 11.8 Å². The minimum atomic E-state index is 0.547. The summed E-state index contributed by atoms with van der Waals surface area (Å²) in [5, 5.41) is 7.06. The molecule has 0 aliphatic carbocycles. The second-order valence-corrected chi connectivity index (χ2v) is 9.50. The van der Waals surface area contributed by atoms with Crippen LogP contribution in [0.1, 0.15) is 45.1 Å². The summed E-state index contributed by atoms with van der Waals surface area (Å²) in [6.45, 7) is 9.50. The lowest BCUT2D eigenvalue weighted by molar-refractivity contribution is 0.441. The van der Waals surface area contributed by atoms with Gasteiger partial charge in [0.05, 0.1) is 0 Å². The third kappa shape index (κ3) is 6.06. The normalized spacial score (nSPS) is 21.6. The lowest BCUT2D eigenvalue weighted by atomic mass is 10.00. The molecular weight excluding hydrogens is 404 g/mol. The van der Waals surface area contributed by atoms with Crippen LogP contribution in [0.3, 0.4) is 0 Å². The van der Waals surface area contributed by atoms with E-state index in [1.54, 1.807) is 0 Å². The second kappa shape index (κ2) is 10.3. The molecule has 7 heteroatoms. The zero-order valence-corrected chi connectivity index (χ0v) is 19.5. The lowest BCUT2D eigenvalue weighted by Gasteiger charge is -2.35. The van der Waals surface area contributed by atoms with Gasteiger partial charge >= 0.3 is 0 Å². The molecule has 0 spiro atoms. The van der Waals surface area contributed by atoms with E-state index in [4.69, 9.17) is 22.2 Å². The fourth-order valence-corrected chi connectivity index (χ4v) is 4.68. The molecule has 0 amide bonds. The van der Waals surface area contributed by atoms with Crippen molar-refractivity contribution in [1.29, 1.82) is 0 Å². The van der Waals surface area contributed by atoms with Crippen LogP contribution in [0.4, 0.5) is 17.6 Å². The number of nitrogens with one attached hydrogen (secondary N) is 2. The Balaban J connectivity index is 1.51. The van der Waals surface area contributed by atoms with Crippen molar-refractivity contribution in [1.82, 2.24) is 15.3 Å². The number of thiocarbonyl (C=S) groups is 1. The summed E-state index contributed by atoms with van der Waals surface area (Å²) < 4.78 is 0. The molecule has 4 rings (SSSR count). The Morgan fingerprint density at radius 2 is 1.55 bits per heavy atom. The quantitative estimate of drug-likeness (QED) is 0.670. The fraction of sp³-hybridized carbons (Fsp3) is 0.542. The number of benzene rings is 1. The summed E-state index contributed by atoms with van der Waals surface area (Å²) in [4.78, 5) is 14.5. The minimum absolute atomic E-state index is 0.547. The molecule has 2 saturated heterocycles. The number of hydrogen-bond donors (Lipinski definition) is 2. The van der Waals surface area contributed by atoms with E-state index in [-0.39, 0.29) is 0 Å². The maximum Gasteiger partial charge on any atom is 0.232 e. The SMILES string of the molecule is C[C@@H]1CCCN(c2cc(N3CCC[C@@H](C)C3)nc(NC(=S)NCc3ccccc3)n2)C1. The van der Waals surface area contributed by atoms with Gasteiger partial charge in [-0.1, -0.05) is 44.2 Å². The zero-order valence-electron chi connectivity index (χ0n) is 18.7. The third-order valence-electron chi connectivity index (χ3n) is 6.18. The maximum atomic E-state index is 5.54. The van der Waals surface area contributed by atoms with E-state index in [1.165, 1.54) is 31.2 Å².